The second-order valence-corrected chi connectivity index (χ2v) is 6.42. The second-order valence-electron chi connectivity index (χ2n) is 5.57. The van der Waals surface area contributed by atoms with Gasteiger partial charge >= 0.3 is 0 Å². The first kappa shape index (κ1) is 23.3. The largest absolute Gasteiger partial charge is 0.488 e. The normalized spacial score (nSPS) is 12.0. The lowest BCUT2D eigenvalue weighted by Gasteiger charge is -2.18. The number of carbonyl (C=O) groups excluding carboxylic acids is 1. The minimum atomic E-state index is -0.594. The third kappa shape index (κ3) is 7.79. The van der Waals surface area contributed by atoms with Gasteiger partial charge in [0.2, 0.25) is 0 Å². The van der Waals surface area contributed by atoms with Crippen LogP contribution in [0, 0.1) is 0 Å². The maximum Gasteiger partial charge on any atom is 0.284 e. The Morgan fingerprint density at radius 2 is 2.04 bits per heavy atom. The van der Waals surface area contributed by atoms with E-state index in [-0.39, 0.29) is 35.8 Å². The summed E-state index contributed by atoms with van der Waals surface area (Å²) >= 11 is 3.47. The third-order valence-corrected chi connectivity index (χ3v) is 4.02. The van der Waals surface area contributed by atoms with Gasteiger partial charge in [-0.15, -0.1) is 24.0 Å². The molecule has 0 spiro atoms. The lowest BCUT2D eigenvalue weighted by Crippen LogP contribution is -2.41. The fourth-order valence-electron chi connectivity index (χ4n) is 2.13. The summed E-state index contributed by atoms with van der Waals surface area (Å²) in [5.41, 5.74) is 5.18. The smallest absolute Gasteiger partial charge is 0.284 e. The van der Waals surface area contributed by atoms with Crippen molar-refractivity contribution in [1.82, 2.24) is 10.6 Å². The highest BCUT2D eigenvalue weighted by molar-refractivity contribution is 14.0. The van der Waals surface area contributed by atoms with Crippen LogP contribution in [-0.2, 0) is 6.54 Å². The number of nitrogens with two attached hydrogens (primary N) is 1. The van der Waals surface area contributed by atoms with E-state index in [1.807, 2.05) is 38.1 Å². The van der Waals surface area contributed by atoms with Crippen molar-refractivity contribution < 1.29 is 13.9 Å². The van der Waals surface area contributed by atoms with Crippen molar-refractivity contribution in [3.05, 3.63) is 52.4 Å². The third-order valence-electron chi connectivity index (χ3n) is 3.36. The van der Waals surface area contributed by atoms with Crippen LogP contribution in [0.3, 0.4) is 0 Å². The molecule has 1 heterocycles. The Morgan fingerprint density at radius 3 is 2.67 bits per heavy atom. The zero-order chi connectivity index (χ0) is 18.9. The average molecular weight is 551 g/mol. The van der Waals surface area contributed by atoms with Gasteiger partial charge in [0.25, 0.3) is 5.91 Å². The van der Waals surface area contributed by atoms with Crippen LogP contribution in [0.5, 0.6) is 5.75 Å². The van der Waals surface area contributed by atoms with Crippen LogP contribution < -0.4 is 21.1 Å². The van der Waals surface area contributed by atoms with E-state index in [0.717, 1.165) is 16.8 Å². The van der Waals surface area contributed by atoms with E-state index in [2.05, 4.69) is 31.6 Å². The van der Waals surface area contributed by atoms with Crippen LogP contribution in [0.25, 0.3) is 0 Å². The Labute approximate surface area is 184 Å². The van der Waals surface area contributed by atoms with Gasteiger partial charge in [0.1, 0.15) is 24.2 Å². The van der Waals surface area contributed by atoms with Crippen molar-refractivity contribution in [2.75, 3.05) is 13.1 Å². The van der Waals surface area contributed by atoms with E-state index in [0.29, 0.717) is 24.8 Å². The van der Waals surface area contributed by atoms with E-state index >= 15 is 0 Å². The molecule has 0 aliphatic rings. The minimum Gasteiger partial charge on any atom is -0.488 e. The van der Waals surface area contributed by atoms with E-state index in [9.17, 15) is 4.79 Å². The van der Waals surface area contributed by atoms with Gasteiger partial charge < -0.3 is 25.5 Å². The Kier molecular flexibility index (Phi) is 10.2. The Bertz CT molecular complexity index is 767. The zero-order valence-electron chi connectivity index (χ0n) is 15.2. The molecule has 7 nitrogen and oxygen atoms in total. The summed E-state index contributed by atoms with van der Waals surface area (Å²) in [6, 6.07) is 10.9. The predicted octanol–water partition coefficient (Wildman–Crippen LogP) is 3.28. The highest BCUT2D eigenvalue weighted by atomic mass is 127. The van der Waals surface area contributed by atoms with Gasteiger partial charge in [-0.2, -0.15) is 0 Å². The van der Waals surface area contributed by atoms with E-state index in [1.54, 1.807) is 12.1 Å². The van der Waals surface area contributed by atoms with Gasteiger partial charge in [-0.25, -0.2) is 4.99 Å². The van der Waals surface area contributed by atoms with Crippen LogP contribution in [-0.4, -0.2) is 31.1 Å². The molecule has 148 valence electrons. The topological polar surface area (TPSA) is 102 Å². The maximum absolute atomic E-state index is 11.1. The number of ether oxygens (including phenoxy) is 1. The molecule has 1 aromatic carbocycles. The number of nitrogens with zero attached hydrogens (tertiary/aromatic N) is 1. The van der Waals surface area contributed by atoms with Crippen LogP contribution in [0.2, 0.25) is 0 Å². The minimum absolute atomic E-state index is 0. The SMILES string of the molecule is CCNC(=NCc1ccc(C(N)=O)o1)NCC(C)Oc1ccccc1Br.I. The van der Waals surface area contributed by atoms with Gasteiger partial charge in [0.15, 0.2) is 11.7 Å². The number of primary amides is 1. The molecule has 0 saturated heterocycles. The molecule has 4 N–H and O–H groups in total. The molecule has 0 radical (unpaired) electrons. The molecule has 2 aromatic rings. The number of halogens is 2. The van der Waals surface area contributed by atoms with Gasteiger partial charge in [-0.3, -0.25) is 4.79 Å². The van der Waals surface area contributed by atoms with Gasteiger partial charge in [-0.05, 0) is 54.0 Å². The van der Waals surface area contributed by atoms with Gasteiger partial charge in [0.05, 0.1) is 11.0 Å². The number of amides is 1. The average Bonchev–Trinajstić information content (AvgIpc) is 3.09. The number of hydrogen-bond acceptors (Lipinski definition) is 4. The highest BCUT2D eigenvalue weighted by Gasteiger charge is 2.09. The number of carbonyl (C=O) groups is 1. The fourth-order valence-corrected chi connectivity index (χ4v) is 2.51. The molecule has 0 saturated carbocycles. The summed E-state index contributed by atoms with van der Waals surface area (Å²) < 4.78 is 12.1. The van der Waals surface area contributed by atoms with Crippen molar-refractivity contribution in [2.24, 2.45) is 10.7 Å². The van der Waals surface area contributed by atoms with Gasteiger partial charge in [-0.1, -0.05) is 12.1 Å². The van der Waals surface area contributed by atoms with Gasteiger partial charge in [0, 0.05) is 6.54 Å². The molecule has 1 atom stereocenters. The monoisotopic (exact) mass is 550 g/mol. The first-order valence-electron chi connectivity index (χ1n) is 8.31. The lowest BCUT2D eigenvalue weighted by molar-refractivity contribution is 0.0972. The quantitative estimate of drug-likeness (QED) is 0.266. The van der Waals surface area contributed by atoms with Crippen LogP contribution >= 0.6 is 39.9 Å². The molecule has 0 bridgehead atoms. The highest BCUT2D eigenvalue weighted by Crippen LogP contribution is 2.24. The summed E-state index contributed by atoms with van der Waals surface area (Å²) in [6.45, 7) is 5.54. The molecule has 1 amide bonds. The summed E-state index contributed by atoms with van der Waals surface area (Å²) in [7, 11) is 0. The Balaban J connectivity index is 0.00000364. The Hall–Kier alpha value is -1.75. The summed E-state index contributed by atoms with van der Waals surface area (Å²) in [5, 5.41) is 6.38. The van der Waals surface area contributed by atoms with E-state index in [1.165, 1.54) is 0 Å². The maximum atomic E-state index is 11.1. The molecule has 1 aromatic heterocycles. The van der Waals surface area contributed by atoms with E-state index < -0.39 is 5.91 Å². The summed E-state index contributed by atoms with van der Waals surface area (Å²) in [5.74, 6) is 1.52. The molecular formula is C18H24BrIN4O3. The van der Waals surface area contributed by atoms with Crippen LogP contribution in [0.15, 0.2) is 50.3 Å². The van der Waals surface area contributed by atoms with Crippen molar-refractivity contribution in [3.8, 4) is 5.75 Å². The molecule has 0 fully saturated rings. The van der Waals surface area contributed by atoms with Crippen molar-refractivity contribution in [2.45, 2.75) is 26.5 Å². The fraction of sp³-hybridized carbons (Fsp3) is 0.333. The first-order chi connectivity index (χ1) is 12.5. The van der Waals surface area contributed by atoms with Crippen molar-refractivity contribution in [3.63, 3.8) is 0 Å². The second kappa shape index (κ2) is 11.9. The molecule has 0 aliphatic carbocycles. The summed E-state index contributed by atoms with van der Waals surface area (Å²) in [4.78, 5) is 15.5. The molecule has 27 heavy (non-hydrogen) atoms. The number of rotatable bonds is 8. The van der Waals surface area contributed by atoms with Crippen LogP contribution in [0.1, 0.15) is 30.2 Å². The number of furan rings is 1. The van der Waals surface area contributed by atoms with E-state index in [4.69, 9.17) is 14.9 Å². The molecule has 0 aliphatic heterocycles. The molecule has 2 rings (SSSR count). The lowest BCUT2D eigenvalue weighted by atomic mass is 10.3. The standard InChI is InChI=1S/C18H23BrN4O3.HI/c1-3-21-18(23-11-13-8-9-16(26-13)17(20)24)22-10-12(2)25-15-7-5-4-6-14(15)19;/h4-9,12H,3,10-11H2,1-2H3,(H2,20,24)(H2,21,22,23);1H. The molecule has 9 heteroatoms. The van der Waals surface area contributed by atoms with Crippen molar-refractivity contribution >= 4 is 51.8 Å². The van der Waals surface area contributed by atoms with Crippen LogP contribution in [0.4, 0.5) is 0 Å². The molecular weight excluding hydrogens is 527 g/mol. The van der Waals surface area contributed by atoms with Crippen molar-refractivity contribution in [1.29, 1.82) is 0 Å². The number of hydrogen-bond donors (Lipinski definition) is 3. The number of para-hydroxylation sites is 1. The number of benzene rings is 1. The first-order valence-corrected chi connectivity index (χ1v) is 9.10. The number of guanidine groups is 1. The Morgan fingerprint density at radius 1 is 1.30 bits per heavy atom. The number of aliphatic imine (C=N–C) groups is 1. The summed E-state index contributed by atoms with van der Waals surface area (Å²) in [6.07, 6.45) is -0.0670. The number of nitrogens with one attached hydrogen (secondary N) is 2. The zero-order valence-corrected chi connectivity index (χ0v) is 19.1. The predicted molar refractivity (Wildman–Crippen MR) is 120 cm³/mol. The molecule has 1 unspecified atom stereocenters.